The third-order valence-corrected chi connectivity index (χ3v) is 8.06. The number of halogens is 3. The molecule has 1 aromatic heterocycles. The highest BCUT2D eigenvalue weighted by molar-refractivity contribution is 7.79. The fourth-order valence-corrected chi connectivity index (χ4v) is 5.38. The Balaban J connectivity index is 0.000000755. The Morgan fingerprint density at radius 1 is 1.18 bits per heavy atom. The van der Waals surface area contributed by atoms with Gasteiger partial charge in [0.1, 0.15) is 6.10 Å². The molecule has 2 aromatic rings. The number of aromatic nitrogens is 1. The number of aliphatic hydroxyl groups excluding tert-OH is 2. The van der Waals surface area contributed by atoms with Crippen LogP contribution < -0.4 is 0 Å². The van der Waals surface area contributed by atoms with E-state index in [4.69, 9.17) is 9.72 Å². The Morgan fingerprint density at radius 3 is 2.27 bits per heavy atom. The summed E-state index contributed by atoms with van der Waals surface area (Å²) in [4.78, 5) is 4.94. The molecule has 2 N–H and O–H groups in total. The van der Waals surface area contributed by atoms with Gasteiger partial charge in [0.05, 0.1) is 36.5 Å². The van der Waals surface area contributed by atoms with Crippen LogP contribution in [0.3, 0.4) is 0 Å². The van der Waals surface area contributed by atoms with E-state index < -0.39 is 29.5 Å². The van der Waals surface area contributed by atoms with Gasteiger partial charge in [-0.3, -0.25) is 4.98 Å². The highest BCUT2D eigenvalue weighted by Gasteiger charge is 2.39. The van der Waals surface area contributed by atoms with Crippen molar-refractivity contribution in [2.45, 2.75) is 105 Å². The summed E-state index contributed by atoms with van der Waals surface area (Å²) in [6.07, 6.45) is -0.175. The lowest BCUT2D eigenvalue weighted by atomic mass is 9.71. The second-order valence-electron chi connectivity index (χ2n) is 13.6. The highest BCUT2D eigenvalue weighted by Crippen LogP contribution is 2.48. The molecular weight excluding hydrogens is 585 g/mol. The number of fused-ring (bicyclic) bond motifs is 1. The van der Waals surface area contributed by atoms with Gasteiger partial charge in [-0.15, -0.1) is 0 Å². The number of rotatable bonds is 4. The molecule has 244 valence electrons. The van der Waals surface area contributed by atoms with Crippen molar-refractivity contribution in [3.63, 3.8) is 0 Å². The third-order valence-electron chi connectivity index (χ3n) is 8.06. The standard InChI is InChI=1S/C28H31F3N2O3.C6H14.CH4S/c1-15(2)25-24(26(35)17-5-6-19(28(29,30)31)18(11-17)14-32)22(16-7-9-36-10-8-16)23-20(33-25)12-27(3,4)13-21(23)34;1-5-6(2,3)4;1-2/h5-7,11,15,21,26,34-35H,8-10,12-13H2,1-4H3;5H2,1-4H3;2H,1H3/t21?,26-;;/m0../s1. The van der Waals surface area contributed by atoms with Crippen LogP contribution in [0.15, 0.2) is 24.3 Å². The second-order valence-corrected chi connectivity index (χ2v) is 13.6. The number of pyridine rings is 1. The molecule has 0 amide bonds. The molecule has 1 unspecified atom stereocenters. The van der Waals surface area contributed by atoms with Gasteiger partial charge in [-0.2, -0.15) is 31.1 Å². The molecule has 0 radical (unpaired) electrons. The van der Waals surface area contributed by atoms with E-state index in [9.17, 15) is 28.6 Å². The molecule has 4 rings (SSSR count). The highest BCUT2D eigenvalue weighted by atomic mass is 32.1. The maximum atomic E-state index is 13.4. The average molecular weight is 635 g/mol. The van der Waals surface area contributed by atoms with Crippen molar-refractivity contribution >= 4 is 18.2 Å². The van der Waals surface area contributed by atoms with Crippen LogP contribution in [-0.4, -0.2) is 34.7 Å². The summed E-state index contributed by atoms with van der Waals surface area (Å²) >= 11 is 3.53. The molecule has 0 spiro atoms. The molecular formula is C35H49F3N2O3S. The Kier molecular flexibility index (Phi) is 13.1. The molecule has 2 heterocycles. The van der Waals surface area contributed by atoms with Gasteiger partial charge in [0.2, 0.25) is 0 Å². The van der Waals surface area contributed by atoms with Crippen LogP contribution in [-0.2, 0) is 17.3 Å². The zero-order valence-corrected chi connectivity index (χ0v) is 28.5. The largest absolute Gasteiger partial charge is 0.417 e. The number of hydrogen-bond acceptors (Lipinski definition) is 6. The summed E-state index contributed by atoms with van der Waals surface area (Å²) in [6.45, 7) is 17.9. The van der Waals surface area contributed by atoms with Crippen LogP contribution in [0.25, 0.3) is 5.57 Å². The van der Waals surface area contributed by atoms with Crippen LogP contribution in [0.5, 0.6) is 0 Å². The minimum absolute atomic E-state index is 0.105. The Hall–Kier alpha value is -2.38. The molecule has 1 aromatic carbocycles. The minimum Gasteiger partial charge on any atom is -0.388 e. The monoisotopic (exact) mass is 634 g/mol. The minimum atomic E-state index is -4.68. The first-order chi connectivity index (χ1) is 20.4. The first-order valence-electron chi connectivity index (χ1n) is 15.2. The van der Waals surface area contributed by atoms with Gasteiger partial charge in [-0.1, -0.05) is 74.0 Å². The predicted octanol–water partition coefficient (Wildman–Crippen LogP) is 8.98. The number of benzene rings is 1. The maximum Gasteiger partial charge on any atom is 0.417 e. The Morgan fingerprint density at radius 2 is 1.80 bits per heavy atom. The molecule has 5 nitrogen and oxygen atoms in total. The lowest BCUT2D eigenvalue weighted by Crippen LogP contribution is -2.30. The molecule has 9 heteroatoms. The quantitative estimate of drug-likeness (QED) is 0.292. The van der Waals surface area contributed by atoms with E-state index in [1.54, 1.807) is 12.3 Å². The summed E-state index contributed by atoms with van der Waals surface area (Å²) in [5, 5.41) is 32.3. The van der Waals surface area contributed by atoms with Gasteiger partial charge in [0, 0.05) is 22.5 Å². The topological polar surface area (TPSA) is 86.4 Å². The van der Waals surface area contributed by atoms with Crippen molar-refractivity contribution in [2.75, 3.05) is 19.5 Å². The van der Waals surface area contributed by atoms with E-state index in [-0.39, 0.29) is 16.9 Å². The van der Waals surface area contributed by atoms with E-state index >= 15 is 0 Å². The Bertz CT molecular complexity index is 1350. The van der Waals surface area contributed by atoms with Gasteiger partial charge >= 0.3 is 6.18 Å². The first kappa shape index (κ1) is 37.8. The number of nitriles is 1. The number of aliphatic hydroxyl groups is 2. The smallest absolute Gasteiger partial charge is 0.388 e. The van der Waals surface area contributed by atoms with Crippen molar-refractivity contribution in [3.8, 4) is 6.07 Å². The number of alkyl halides is 3. The van der Waals surface area contributed by atoms with Gasteiger partial charge in [0.25, 0.3) is 0 Å². The zero-order chi connectivity index (χ0) is 33.6. The first-order valence-corrected chi connectivity index (χ1v) is 16.1. The maximum absolute atomic E-state index is 13.4. The lowest BCUT2D eigenvalue weighted by molar-refractivity contribution is -0.137. The molecule has 2 aliphatic rings. The third kappa shape index (κ3) is 9.32. The summed E-state index contributed by atoms with van der Waals surface area (Å²) < 4.78 is 45.7. The number of ether oxygens (including phenoxy) is 1. The van der Waals surface area contributed by atoms with E-state index in [2.05, 4.69) is 54.2 Å². The van der Waals surface area contributed by atoms with E-state index in [1.807, 2.05) is 19.9 Å². The number of thiol groups is 1. The summed E-state index contributed by atoms with van der Waals surface area (Å²) in [7, 11) is 0. The molecule has 44 heavy (non-hydrogen) atoms. The van der Waals surface area contributed by atoms with E-state index in [0.29, 0.717) is 60.3 Å². The van der Waals surface area contributed by atoms with Crippen molar-refractivity contribution in [3.05, 3.63) is 69.0 Å². The van der Waals surface area contributed by atoms with Crippen molar-refractivity contribution in [1.29, 1.82) is 5.26 Å². The van der Waals surface area contributed by atoms with E-state index in [0.717, 1.165) is 23.4 Å². The van der Waals surface area contributed by atoms with Crippen LogP contribution in [0.1, 0.15) is 138 Å². The zero-order valence-electron chi connectivity index (χ0n) is 27.6. The van der Waals surface area contributed by atoms with Gasteiger partial charge < -0.3 is 14.9 Å². The predicted molar refractivity (Wildman–Crippen MR) is 174 cm³/mol. The second kappa shape index (κ2) is 15.3. The number of hydrogen-bond donors (Lipinski definition) is 3. The number of nitrogens with zero attached hydrogens (tertiary/aromatic N) is 2. The molecule has 1 aliphatic carbocycles. The molecule has 0 fully saturated rings. The van der Waals surface area contributed by atoms with Crippen molar-refractivity contribution in [1.82, 2.24) is 4.98 Å². The fourth-order valence-electron chi connectivity index (χ4n) is 5.38. The summed E-state index contributed by atoms with van der Waals surface area (Å²) in [6, 6.07) is 4.76. The van der Waals surface area contributed by atoms with Crippen LogP contribution >= 0.6 is 12.6 Å². The van der Waals surface area contributed by atoms with Crippen LogP contribution in [0.4, 0.5) is 13.2 Å². The van der Waals surface area contributed by atoms with Gasteiger partial charge in [-0.05, 0) is 71.1 Å². The molecule has 2 atom stereocenters. The molecule has 0 saturated heterocycles. The Labute approximate surface area is 267 Å². The van der Waals surface area contributed by atoms with Crippen LogP contribution in [0.2, 0.25) is 0 Å². The average Bonchev–Trinajstić information content (AvgIpc) is 2.95. The molecule has 0 bridgehead atoms. The van der Waals surface area contributed by atoms with Gasteiger partial charge in [0.15, 0.2) is 0 Å². The normalized spacial score (nSPS) is 18.5. The molecule has 0 saturated carbocycles. The summed E-state index contributed by atoms with van der Waals surface area (Å²) in [5.41, 5.74) is 3.14. The van der Waals surface area contributed by atoms with Crippen LogP contribution in [0, 0.1) is 22.2 Å². The SMILES string of the molecule is CC(C)c1nc2c(c(C3=CCOCC3)c1[C@@H](O)c1ccc(C(F)(F)F)c(C#N)c1)C(O)CC(C)(C)C2.CCC(C)(C)C.CS. The van der Waals surface area contributed by atoms with E-state index in [1.165, 1.54) is 12.5 Å². The van der Waals surface area contributed by atoms with Crippen molar-refractivity contribution in [2.24, 2.45) is 10.8 Å². The fraction of sp³-hybridized carbons (Fsp3) is 0.600. The van der Waals surface area contributed by atoms with Crippen molar-refractivity contribution < 1.29 is 28.1 Å². The summed E-state index contributed by atoms with van der Waals surface area (Å²) in [5.74, 6) is -0.105. The molecule has 1 aliphatic heterocycles. The van der Waals surface area contributed by atoms with Gasteiger partial charge in [-0.25, -0.2) is 0 Å². The lowest BCUT2D eigenvalue weighted by Gasteiger charge is -2.38.